The number of aromatic nitrogens is 3. The fourth-order valence-electron chi connectivity index (χ4n) is 3.97. The number of carbonyl (C=O) groups excluding carboxylic acids is 2. The number of ether oxygens (including phenoxy) is 3. The molecule has 1 fully saturated rings. The highest BCUT2D eigenvalue weighted by Crippen LogP contribution is 2.47. The third kappa shape index (κ3) is 6.04. The summed E-state index contributed by atoms with van der Waals surface area (Å²) in [5.41, 5.74) is -0.475. The molecule has 1 aliphatic rings. The molecule has 0 radical (unpaired) electrons. The Bertz CT molecular complexity index is 1630. The van der Waals surface area contributed by atoms with Gasteiger partial charge in [0.15, 0.2) is 17.3 Å². The fourth-order valence-corrected chi connectivity index (χ4v) is 3.97. The van der Waals surface area contributed by atoms with Gasteiger partial charge in [0.1, 0.15) is 29.5 Å². The average molecular weight is 582 g/mol. The first-order valence-electron chi connectivity index (χ1n) is 12.7. The Kier molecular flexibility index (Phi) is 8.08. The summed E-state index contributed by atoms with van der Waals surface area (Å²) in [7, 11) is 1.35. The average Bonchev–Trinajstić information content (AvgIpc) is 3.80. The maximum atomic E-state index is 15.0. The van der Waals surface area contributed by atoms with Crippen molar-refractivity contribution in [3.63, 3.8) is 0 Å². The standard InChI is InChI=1S/C28H25F2N5O7/c1-40-25-22(41-14-18(37)13-36)11-20-23(35-25)21(6-9-31-20)42-24-19(30)10-17(12-32-24)34-27(39)28(7-8-28)26(38)33-16-4-2-15(29)3-5-16/h2-6,9-12,18,36-37H,7-8,13-14H2,1H3,(H,33,38)(H,34,39). The minimum absolute atomic E-state index is 0.0111. The zero-order chi connectivity index (χ0) is 29.9. The second-order valence-electron chi connectivity index (χ2n) is 9.43. The minimum atomic E-state index is -1.33. The van der Waals surface area contributed by atoms with Crippen LogP contribution in [0.15, 0.2) is 54.9 Å². The van der Waals surface area contributed by atoms with Crippen LogP contribution in [0.4, 0.5) is 20.2 Å². The van der Waals surface area contributed by atoms with Gasteiger partial charge < -0.3 is 35.1 Å². The molecule has 1 saturated carbocycles. The van der Waals surface area contributed by atoms with Crippen LogP contribution in [0.2, 0.25) is 0 Å². The van der Waals surface area contributed by atoms with E-state index in [1.165, 1.54) is 55.9 Å². The molecule has 1 unspecified atom stereocenters. The van der Waals surface area contributed by atoms with Crippen molar-refractivity contribution in [1.82, 2.24) is 15.0 Å². The van der Waals surface area contributed by atoms with Gasteiger partial charge in [-0.2, -0.15) is 0 Å². The monoisotopic (exact) mass is 581 g/mol. The summed E-state index contributed by atoms with van der Waals surface area (Å²) in [5.74, 6) is -2.66. The zero-order valence-electron chi connectivity index (χ0n) is 22.1. The van der Waals surface area contributed by atoms with Gasteiger partial charge >= 0.3 is 0 Å². The molecule has 1 atom stereocenters. The Balaban J connectivity index is 1.29. The summed E-state index contributed by atoms with van der Waals surface area (Å²) in [4.78, 5) is 38.2. The first-order chi connectivity index (χ1) is 20.2. The van der Waals surface area contributed by atoms with Gasteiger partial charge in [-0.05, 0) is 37.1 Å². The first-order valence-corrected chi connectivity index (χ1v) is 12.7. The van der Waals surface area contributed by atoms with Crippen molar-refractivity contribution >= 4 is 34.2 Å². The Hall–Kier alpha value is -4.95. The van der Waals surface area contributed by atoms with E-state index in [4.69, 9.17) is 19.3 Å². The van der Waals surface area contributed by atoms with Crippen LogP contribution in [-0.4, -0.2) is 63.4 Å². The molecule has 0 spiro atoms. The molecule has 4 N–H and O–H groups in total. The molecular weight excluding hydrogens is 556 g/mol. The van der Waals surface area contributed by atoms with Crippen LogP contribution in [-0.2, 0) is 9.59 Å². The number of rotatable bonds is 11. The highest BCUT2D eigenvalue weighted by Gasteiger charge is 2.56. The van der Waals surface area contributed by atoms with Crippen LogP contribution in [0.25, 0.3) is 11.0 Å². The molecule has 0 aliphatic heterocycles. The Labute approximate surface area is 237 Å². The van der Waals surface area contributed by atoms with Crippen molar-refractivity contribution in [1.29, 1.82) is 0 Å². The van der Waals surface area contributed by atoms with Crippen LogP contribution in [0.5, 0.6) is 23.3 Å². The van der Waals surface area contributed by atoms with E-state index >= 15 is 4.39 Å². The summed E-state index contributed by atoms with van der Waals surface area (Å²) in [5, 5.41) is 23.7. The molecule has 3 heterocycles. The predicted octanol–water partition coefficient (Wildman–Crippen LogP) is 3.19. The van der Waals surface area contributed by atoms with Crippen molar-refractivity contribution < 1.29 is 42.8 Å². The molecule has 1 aliphatic carbocycles. The largest absolute Gasteiger partial charge is 0.485 e. The smallest absolute Gasteiger partial charge is 0.257 e. The number of amides is 2. The van der Waals surface area contributed by atoms with E-state index in [2.05, 4.69) is 25.6 Å². The number of halogens is 2. The minimum Gasteiger partial charge on any atom is -0.485 e. The first kappa shape index (κ1) is 28.6. The molecule has 218 valence electrons. The summed E-state index contributed by atoms with van der Waals surface area (Å²) in [6.07, 6.45) is 2.06. The quantitative estimate of drug-likeness (QED) is 0.193. The number of carbonyl (C=O) groups is 2. The highest BCUT2D eigenvalue weighted by atomic mass is 19.1. The van der Waals surface area contributed by atoms with Gasteiger partial charge in [-0.3, -0.25) is 14.6 Å². The lowest BCUT2D eigenvalue weighted by Crippen LogP contribution is -2.35. The molecule has 0 bridgehead atoms. The third-order valence-electron chi connectivity index (χ3n) is 6.44. The van der Waals surface area contributed by atoms with Gasteiger partial charge in [0.2, 0.25) is 11.8 Å². The van der Waals surface area contributed by atoms with E-state index in [1.807, 2.05) is 0 Å². The van der Waals surface area contributed by atoms with Gasteiger partial charge in [0.05, 0.1) is 31.1 Å². The zero-order valence-corrected chi connectivity index (χ0v) is 22.1. The van der Waals surface area contributed by atoms with E-state index < -0.39 is 47.5 Å². The van der Waals surface area contributed by atoms with E-state index in [-0.39, 0.29) is 35.2 Å². The van der Waals surface area contributed by atoms with Crippen LogP contribution in [0.1, 0.15) is 12.8 Å². The Morgan fingerprint density at radius 3 is 2.36 bits per heavy atom. The van der Waals surface area contributed by atoms with Crippen molar-refractivity contribution in [2.75, 3.05) is 31.0 Å². The number of hydrogen-bond donors (Lipinski definition) is 4. The SMILES string of the molecule is COc1nc2c(Oc3ncc(NC(=O)C4(C(=O)Nc5ccc(F)cc5)CC4)cc3F)ccnc2cc1OCC(O)CO. The number of aliphatic hydroxyl groups is 2. The van der Waals surface area contributed by atoms with E-state index in [0.717, 1.165) is 6.07 Å². The summed E-state index contributed by atoms with van der Waals surface area (Å²) in [6, 6.07) is 9.07. The second-order valence-corrected chi connectivity index (χ2v) is 9.43. The number of pyridine rings is 3. The van der Waals surface area contributed by atoms with Gasteiger partial charge in [-0.25, -0.2) is 18.7 Å². The van der Waals surface area contributed by atoms with Crippen molar-refractivity contribution in [3.05, 3.63) is 66.5 Å². The molecule has 5 rings (SSSR count). The number of benzene rings is 1. The van der Waals surface area contributed by atoms with Crippen LogP contribution in [0, 0.1) is 17.0 Å². The molecule has 4 aromatic rings. The lowest BCUT2D eigenvalue weighted by atomic mass is 10.0. The molecule has 12 nitrogen and oxygen atoms in total. The van der Waals surface area contributed by atoms with Crippen molar-refractivity contribution in [3.8, 4) is 23.3 Å². The molecule has 42 heavy (non-hydrogen) atoms. The van der Waals surface area contributed by atoms with Crippen LogP contribution >= 0.6 is 0 Å². The van der Waals surface area contributed by atoms with E-state index in [9.17, 15) is 19.1 Å². The van der Waals surface area contributed by atoms with E-state index in [0.29, 0.717) is 24.0 Å². The predicted molar refractivity (Wildman–Crippen MR) is 144 cm³/mol. The molecule has 14 heteroatoms. The van der Waals surface area contributed by atoms with Crippen molar-refractivity contribution in [2.24, 2.45) is 5.41 Å². The summed E-state index contributed by atoms with van der Waals surface area (Å²) < 4.78 is 44.6. The maximum absolute atomic E-state index is 15.0. The highest BCUT2D eigenvalue weighted by molar-refractivity contribution is 6.16. The number of aliphatic hydroxyl groups excluding tert-OH is 2. The number of fused-ring (bicyclic) bond motifs is 1. The van der Waals surface area contributed by atoms with E-state index in [1.54, 1.807) is 0 Å². The fraction of sp³-hybridized carbons (Fsp3) is 0.250. The molecule has 3 aromatic heterocycles. The summed E-state index contributed by atoms with van der Waals surface area (Å²) in [6.45, 7) is -0.706. The Morgan fingerprint density at radius 1 is 1.00 bits per heavy atom. The van der Waals surface area contributed by atoms with Crippen LogP contribution < -0.4 is 24.8 Å². The van der Waals surface area contributed by atoms with Crippen molar-refractivity contribution in [2.45, 2.75) is 18.9 Å². The topological polar surface area (TPSA) is 165 Å². The lowest BCUT2D eigenvalue weighted by Gasteiger charge is -2.16. The van der Waals surface area contributed by atoms with Gasteiger partial charge in [0, 0.05) is 30.1 Å². The van der Waals surface area contributed by atoms with Gasteiger partial charge in [-0.15, -0.1) is 0 Å². The lowest BCUT2D eigenvalue weighted by molar-refractivity contribution is -0.131. The molecule has 2 amide bonds. The van der Waals surface area contributed by atoms with Gasteiger partial charge in [0.25, 0.3) is 11.8 Å². The molecular formula is C28H25F2N5O7. The normalized spacial score (nSPS) is 14.1. The third-order valence-corrected chi connectivity index (χ3v) is 6.44. The Morgan fingerprint density at radius 2 is 1.71 bits per heavy atom. The van der Waals surface area contributed by atoms with Crippen LogP contribution in [0.3, 0.4) is 0 Å². The van der Waals surface area contributed by atoms with Gasteiger partial charge in [-0.1, -0.05) is 0 Å². The number of hydrogen-bond acceptors (Lipinski definition) is 10. The number of anilines is 2. The second kappa shape index (κ2) is 11.9. The number of methoxy groups -OCH3 is 1. The number of nitrogens with one attached hydrogen (secondary N) is 2. The summed E-state index contributed by atoms with van der Waals surface area (Å²) >= 11 is 0. The number of nitrogens with zero attached hydrogens (tertiary/aromatic N) is 3. The molecule has 0 saturated heterocycles. The molecule has 1 aromatic carbocycles. The maximum Gasteiger partial charge on any atom is 0.257 e.